The van der Waals surface area contributed by atoms with Crippen LogP contribution in [0.25, 0.3) is 4.96 Å². The number of nitrogens with one attached hydrogen (secondary N) is 1. The number of carbonyl (C=O) groups excluding carboxylic acids is 1. The van der Waals surface area contributed by atoms with E-state index in [-0.39, 0.29) is 5.91 Å². The lowest BCUT2D eigenvalue weighted by Crippen LogP contribution is -2.46. The maximum absolute atomic E-state index is 12.1. The Morgan fingerprint density at radius 2 is 1.89 bits per heavy atom. The summed E-state index contributed by atoms with van der Waals surface area (Å²) in [6.45, 7) is 7.23. The zero-order valence-corrected chi connectivity index (χ0v) is 16.9. The van der Waals surface area contributed by atoms with E-state index in [1.54, 1.807) is 11.3 Å². The maximum atomic E-state index is 12.1. The van der Waals surface area contributed by atoms with Gasteiger partial charge in [-0.1, -0.05) is 30.3 Å². The van der Waals surface area contributed by atoms with E-state index in [9.17, 15) is 4.79 Å². The Kier molecular flexibility index (Phi) is 6.36. The second-order valence-electron chi connectivity index (χ2n) is 7.31. The third-order valence-electron chi connectivity index (χ3n) is 5.17. The fourth-order valence-electron chi connectivity index (χ4n) is 3.63. The number of imidazole rings is 1. The summed E-state index contributed by atoms with van der Waals surface area (Å²) in [4.78, 5) is 22.5. The van der Waals surface area contributed by atoms with E-state index in [0.29, 0.717) is 6.42 Å². The lowest BCUT2D eigenvalue weighted by molar-refractivity contribution is -0.120. The molecule has 1 saturated heterocycles. The van der Waals surface area contributed by atoms with Crippen molar-refractivity contribution in [2.75, 3.05) is 39.3 Å². The van der Waals surface area contributed by atoms with Gasteiger partial charge < -0.3 is 10.2 Å². The van der Waals surface area contributed by atoms with Gasteiger partial charge >= 0.3 is 0 Å². The minimum absolute atomic E-state index is 0.0541. The van der Waals surface area contributed by atoms with Gasteiger partial charge in [0, 0.05) is 57.0 Å². The summed E-state index contributed by atoms with van der Waals surface area (Å²) in [5.41, 5.74) is 2.22. The Labute approximate surface area is 169 Å². The van der Waals surface area contributed by atoms with Crippen molar-refractivity contribution < 1.29 is 4.79 Å². The number of carbonyl (C=O) groups is 1. The molecule has 1 fully saturated rings. The van der Waals surface area contributed by atoms with E-state index in [1.165, 1.54) is 5.56 Å². The predicted molar refractivity (Wildman–Crippen MR) is 113 cm³/mol. The van der Waals surface area contributed by atoms with Crippen LogP contribution in [0, 0.1) is 0 Å². The fraction of sp³-hybridized carbons (Fsp3) is 0.429. The third kappa shape index (κ3) is 5.19. The smallest absolute Gasteiger partial charge is 0.226 e. The van der Waals surface area contributed by atoms with Crippen LogP contribution in [0.2, 0.25) is 0 Å². The van der Waals surface area contributed by atoms with Crippen molar-refractivity contribution >= 4 is 22.2 Å². The van der Waals surface area contributed by atoms with Crippen LogP contribution in [-0.2, 0) is 17.8 Å². The first-order valence-corrected chi connectivity index (χ1v) is 10.8. The topological polar surface area (TPSA) is 52.9 Å². The lowest BCUT2D eigenvalue weighted by atomic mass is 10.2. The second-order valence-corrected chi connectivity index (χ2v) is 8.18. The Morgan fingerprint density at radius 3 is 2.68 bits per heavy atom. The summed E-state index contributed by atoms with van der Waals surface area (Å²) >= 11 is 1.58. The van der Waals surface area contributed by atoms with Crippen molar-refractivity contribution in [1.29, 1.82) is 0 Å². The van der Waals surface area contributed by atoms with Gasteiger partial charge in [0.2, 0.25) is 5.91 Å². The highest BCUT2D eigenvalue weighted by Crippen LogP contribution is 2.12. The van der Waals surface area contributed by atoms with Crippen molar-refractivity contribution in [1.82, 2.24) is 24.5 Å². The van der Waals surface area contributed by atoms with Crippen LogP contribution in [0.15, 0.2) is 48.1 Å². The molecule has 4 rings (SSSR count). The number of nitrogens with zero attached hydrogens (tertiary/aromatic N) is 4. The minimum atomic E-state index is 0.0541. The van der Waals surface area contributed by atoms with Crippen LogP contribution in [0.4, 0.5) is 0 Å². The minimum Gasteiger partial charge on any atom is -0.356 e. The molecule has 0 aliphatic carbocycles. The first-order chi connectivity index (χ1) is 13.8. The van der Waals surface area contributed by atoms with E-state index in [0.717, 1.165) is 62.9 Å². The SMILES string of the molecule is O=C(Cc1cn2ccsc2n1)NCCCN1CCN(Cc2ccccc2)CC1. The molecule has 1 amide bonds. The van der Waals surface area contributed by atoms with Gasteiger partial charge in [-0.3, -0.25) is 14.1 Å². The summed E-state index contributed by atoms with van der Waals surface area (Å²) in [6, 6.07) is 10.7. The molecule has 3 heterocycles. The molecule has 28 heavy (non-hydrogen) atoms. The number of aromatic nitrogens is 2. The molecule has 0 spiro atoms. The highest BCUT2D eigenvalue weighted by Gasteiger charge is 2.16. The first-order valence-electron chi connectivity index (χ1n) is 9.93. The molecule has 1 aromatic carbocycles. The average molecular weight is 398 g/mol. The number of piperazine rings is 1. The summed E-state index contributed by atoms with van der Waals surface area (Å²) in [5.74, 6) is 0.0541. The molecule has 0 bridgehead atoms. The normalized spacial score (nSPS) is 15.9. The van der Waals surface area contributed by atoms with Crippen molar-refractivity contribution in [3.63, 3.8) is 0 Å². The van der Waals surface area contributed by atoms with Gasteiger partial charge in [0.05, 0.1) is 12.1 Å². The van der Waals surface area contributed by atoms with Gasteiger partial charge in [0.1, 0.15) is 0 Å². The molecule has 0 radical (unpaired) electrons. The van der Waals surface area contributed by atoms with E-state index >= 15 is 0 Å². The predicted octanol–water partition coefficient (Wildman–Crippen LogP) is 2.26. The van der Waals surface area contributed by atoms with Gasteiger partial charge in [-0.15, -0.1) is 11.3 Å². The van der Waals surface area contributed by atoms with Gasteiger partial charge in [-0.05, 0) is 18.5 Å². The van der Waals surface area contributed by atoms with Crippen LogP contribution in [0.1, 0.15) is 17.7 Å². The molecule has 148 valence electrons. The van der Waals surface area contributed by atoms with Gasteiger partial charge in [0.25, 0.3) is 0 Å². The third-order valence-corrected chi connectivity index (χ3v) is 5.94. The fourth-order valence-corrected chi connectivity index (χ4v) is 4.35. The highest BCUT2D eigenvalue weighted by atomic mass is 32.1. The Bertz CT molecular complexity index is 854. The number of amides is 1. The second kappa shape index (κ2) is 9.32. The molecule has 1 aliphatic rings. The zero-order chi connectivity index (χ0) is 19.2. The van der Waals surface area contributed by atoms with Crippen molar-refractivity contribution in [3.05, 3.63) is 59.4 Å². The van der Waals surface area contributed by atoms with Gasteiger partial charge in [0.15, 0.2) is 4.96 Å². The number of hydrogen-bond acceptors (Lipinski definition) is 5. The zero-order valence-electron chi connectivity index (χ0n) is 16.1. The molecule has 1 aliphatic heterocycles. The molecule has 0 atom stereocenters. The standard InChI is InChI=1S/C21H27N5OS/c27-20(15-19-17-26-13-14-28-21(26)23-19)22-7-4-8-24-9-11-25(12-10-24)16-18-5-2-1-3-6-18/h1-3,5-6,13-14,17H,4,7-12,15-16H2,(H,22,27). The molecule has 3 aromatic rings. The van der Waals surface area contributed by atoms with Gasteiger partial charge in [-0.2, -0.15) is 0 Å². The number of rotatable bonds is 8. The van der Waals surface area contributed by atoms with Crippen LogP contribution in [0.3, 0.4) is 0 Å². The quantitative estimate of drug-likeness (QED) is 0.593. The van der Waals surface area contributed by atoms with Crippen molar-refractivity contribution in [2.24, 2.45) is 0 Å². The van der Waals surface area contributed by atoms with Crippen molar-refractivity contribution in [2.45, 2.75) is 19.4 Å². The molecule has 1 N–H and O–H groups in total. The van der Waals surface area contributed by atoms with Crippen LogP contribution in [0.5, 0.6) is 0 Å². The highest BCUT2D eigenvalue weighted by molar-refractivity contribution is 7.15. The molecule has 0 saturated carbocycles. The molecule has 7 heteroatoms. The van der Waals surface area contributed by atoms with E-state index in [1.807, 2.05) is 22.2 Å². The Balaban J connectivity index is 1.10. The molecular formula is C21H27N5OS. The number of hydrogen-bond donors (Lipinski definition) is 1. The number of thiazole rings is 1. The Hall–Kier alpha value is -2.22. The van der Waals surface area contributed by atoms with Crippen LogP contribution < -0.4 is 5.32 Å². The monoisotopic (exact) mass is 397 g/mol. The summed E-state index contributed by atoms with van der Waals surface area (Å²) in [6.07, 6.45) is 5.24. The van der Waals surface area contributed by atoms with Crippen LogP contribution >= 0.6 is 11.3 Å². The summed E-state index contributed by atoms with van der Waals surface area (Å²) < 4.78 is 1.96. The molecular weight excluding hydrogens is 370 g/mol. The number of benzene rings is 1. The first kappa shape index (κ1) is 19.1. The molecule has 2 aromatic heterocycles. The largest absolute Gasteiger partial charge is 0.356 e. The maximum Gasteiger partial charge on any atom is 0.226 e. The number of fused-ring (bicyclic) bond motifs is 1. The van der Waals surface area contributed by atoms with E-state index in [4.69, 9.17) is 0 Å². The molecule has 6 nitrogen and oxygen atoms in total. The summed E-state index contributed by atoms with van der Waals surface area (Å²) in [5, 5.41) is 5.02. The average Bonchev–Trinajstić information content (AvgIpc) is 3.29. The van der Waals surface area contributed by atoms with Crippen LogP contribution in [-0.4, -0.2) is 64.4 Å². The van der Waals surface area contributed by atoms with E-state index in [2.05, 4.69) is 50.4 Å². The van der Waals surface area contributed by atoms with Crippen molar-refractivity contribution in [3.8, 4) is 0 Å². The van der Waals surface area contributed by atoms with Gasteiger partial charge in [-0.25, -0.2) is 4.98 Å². The van der Waals surface area contributed by atoms with E-state index < -0.39 is 0 Å². The lowest BCUT2D eigenvalue weighted by Gasteiger charge is -2.34. The summed E-state index contributed by atoms with van der Waals surface area (Å²) in [7, 11) is 0. The Morgan fingerprint density at radius 1 is 1.11 bits per heavy atom. The molecule has 0 unspecified atom stereocenters.